The molecule has 120 valence electrons. The molecule has 1 aromatic rings. The third kappa shape index (κ3) is 3.03. The summed E-state index contributed by atoms with van der Waals surface area (Å²) in [6.07, 6.45) is 1.49. The smallest absolute Gasteiger partial charge is 0.252 e. The lowest BCUT2D eigenvalue weighted by molar-refractivity contribution is -0.163. The van der Waals surface area contributed by atoms with E-state index in [0.29, 0.717) is 19.8 Å². The van der Waals surface area contributed by atoms with Crippen molar-refractivity contribution in [3.8, 4) is 0 Å². The molecule has 4 heteroatoms. The molecule has 2 aliphatic rings. The summed E-state index contributed by atoms with van der Waals surface area (Å²) in [5.41, 5.74) is 2.07. The second kappa shape index (κ2) is 6.01. The van der Waals surface area contributed by atoms with Crippen LogP contribution in [0.5, 0.6) is 0 Å². The van der Waals surface area contributed by atoms with Crippen LogP contribution in [0.2, 0.25) is 0 Å². The van der Waals surface area contributed by atoms with Gasteiger partial charge in [-0.25, -0.2) is 0 Å². The summed E-state index contributed by atoms with van der Waals surface area (Å²) in [6.45, 7) is 8.03. The van der Waals surface area contributed by atoms with E-state index in [1.165, 1.54) is 5.56 Å². The molecule has 1 amide bonds. The number of benzene rings is 1. The summed E-state index contributed by atoms with van der Waals surface area (Å²) in [7, 11) is 0. The first-order chi connectivity index (χ1) is 10.5. The lowest BCUT2D eigenvalue weighted by atomic mass is 9.96. The molecule has 22 heavy (non-hydrogen) atoms. The SMILES string of the molecule is Cc1ccc(C2CN(C(=O)C3CCCO3)C(C)(C)CO2)cc1. The monoisotopic (exact) mass is 303 g/mol. The van der Waals surface area contributed by atoms with E-state index in [0.717, 1.165) is 18.4 Å². The fourth-order valence-electron chi connectivity index (χ4n) is 3.17. The van der Waals surface area contributed by atoms with Gasteiger partial charge in [0.05, 0.1) is 18.7 Å². The topological polar surface area (TPSA) is 38.8 Å². The molecular weight excluding hydrogens is 278 g/mol. The number of aryl methyl sites for hydroxylation is 1. The van der Waals surface area contributed by atoms with Gasteiger partial charge < -0.3 is 14.4 Å². The summed E-state index contributed by atoms with van der Waals surface area (Å²) in [6, 6.07) is 8.36. The highest BCUT2D eigenvalue weighted by Crippen LogP contribution is 2.32. The molecule has 0 spiro atoms. The van der Waals surface area contributed by atoms with Crippen molar-refractivity contribution in [2.75, 3.05) is 19.8 Å². The number of morpholine rings is 1. The fraction of sp³-hybridized carbons (Fsp3) is 0.611. The van der Waals surface area contributed by atoms with Crippen molar-refractivity contribution in [2.24, 2.45) is 0 Å². The van der Waals surface area contributed by atoms with Crippen molar-refractivity contribution in [3.63, 3.8) is 0 Å². The van der Waals surface area contributed by atoms with Crippen molar-refractivity contribution in [1.29, 1.82) is 0 Å². The molecule has 2 fully saturated rings. The summed E-state index contributed by atoms with van der Waals surface area (Å²) >= 11 is 0. The highest BCUT2D eigenvalue weighted by Gasteiger charge is 2.41. The van der Waals surface area contributed by atoms with E-state index < -0.39 is 0 Å². The van der Waals surface area contributed by atoms with Crippen molar-refractivity contribution in [3.05, 3.63) is 35.4 Å². The van der Waals surface area contributed by atoms with Crippen LogP contribution in [-0.4, -0.2) is 42.2 Å². The van der Waals surface area contributed by atoms with Gasteiger partial charge in [0.2, 0.25) is 0 Å². The standard InChI is InChI=1S/C18H25NO3/c1-13-6-8-14(9-7-13)16-11-19(18(2,3)12-22-16)17(20)15-5-4-10-21-15/h6-9,15-16H,4-5,10-12H2,1-3H3. The molecule has 4 nitrogen and oxygen atoms in total. The summed E-state index contributed by atoms with van der Waals surface area (Å²) in [4.78, 5) is 14.7. The van der Waals surface area contributed by atoms with Gasteiger partial charge in [-0.15, -0.1) is 0 Å². The van der Waals surface area contributed by atoms with Gasteiger partial charge in [0.1, 0.15) is 12.2 Å². The molecule has 0 saturated carbocycles. The van der Waals surface area contributed by atoms with Gasteiger partial charge in [-0.05, 0) is 39.2 Å². The second-order valence-electron chi connectivity index (χ2n) is 6.97. The first kappa shape index (κ1) is 15.5. The van der Waals surface area contributed by atoms with Crippen LogP contribution in [-0.2, 0) is 14.3 Å². The third-order valence-electron chi connectivity index (χ3n) is 4.64. The van der Waals surface area contributed by atoms with Crippen LogP contribution in [0.25, 0.3) is 0 Å². The van der Waals surface area contributed by atoms with E-state index in [-0.39, 0.29) is 23.7 Å². The Labute approximate surface area is 132 Å². The predicted octanol–water partition coefficient (Wildman–Crippen LogP) is 2.85. The molecule has 0 aromatic heterocycles. The molecule has 0 radical (unpaired) electrons. The Morgan fingerprint density at radius 3 is 2.59 bits per heavy atom. The molecule has 2 atom stereocenters. The molecule has 2 saturated heterocycles. The summed E-state index contributed by atoms with van der Waals surface area (Å²) in [5, 5.41) is 0. The van der Waals surface area contributed by atoms with E-state index in [4.69, 9.17) is 9.47 Å². The van der Waals surface area contributed by atoms with Crippen molar-refractivity contribution in [2.45, 2.75) is 51.4 Å². The quantitative estimate of drug-likeness (QED) is 0.843. The van der Waals surface area contributed by atoms with Gasteiger partial charge in [-0.2, -0.15) is 0 Å². The predicted molar refractivity (Wildman–Crippen MR) is 84.6 cm³/mol. The third-order valence-corrected chi connectivity index (χ3v) is 4.64. The first-order valence-corrected chi connectivity index (χ1v) is 8.09. The highest BCUT2D eigenvalue weighted by molar-refractivity contribution is 5.82. The summed E-state index contributed by atoms with van der Waals surface area (Å²) < 4.78 is 11.6. The van der Waals surface area contributed by atoms with Crippen LogP contribution >= 0.6 is 0 Å². The molecule has 0 bridgehead atoms. The number of hydrogen-bond acceptors (Lipinski definition) is 3. The summed E-state index contributed by atoms with van der Waals surface area (Å²) in [5.74, 6) is 0.114. The maximum Gasteiger partial charge on any atom is 0.252 e. The van der Waals surface area contributed by atoms with Gasteiger partial charge >= 0.3 is 0 Å². The van der Waals surface area contributed by atoms with Crippen LogP contribution in [0.1, 0.15) is 43.9 Å². The number of hydrogen-bond donors (Lipinski definition) is 0. The molecule has 2 heterocycles. The Kier molecular flexibility index (Phi) is 4.24. The second-order valence-corrected chi connectivity index (χ2v) is 6.97. The number of carbonyl (C=O) groups is 1. The Bertz CT molecular complexity index is 532. The minimum atomic E-state index is -0.287. The molecule has 0 aliphatic carbocycles. The molecule has 2 unspecified atom stereocenters. The van der Waals surface area contributed by atoms with Gasteiger partial charge in [0.25, 0.3) is 5.91 Å². The van der Waals surface area contributed by atoms with Crippen LogP contribution in [0.15, 0.2) is 24.3 Å². The van der Waals surface area contributed by atoms with Gasteiger partial charge in [0.15, 0.2) is 0 Å². The van der Waals surface area contributed by atoms with Gasteiger partial charge in [0, 0.05) is 6.61 Å². The molecule has 3 rings (SSSR count). The van der Waals surface area contributed by atoms with Gasteiger partial charge in [-0.1, -0.05) is 29.8 Å². The van der Waals surface area contributed by atoms with E-state index in [1.807, 2.05) is 4.90 Å². The van der Waals surface area contributed by atoms with E-state index >= 15 is 0 Å². The average molecular weight is 303 g/mol. The molecule has 1 aromatic carbocycles. The Hall–Kier alpha value is -1.39. The highest BCUT2D eigenvalue weighted by atomic mass is 16.5. The average Bonchev–Trinajstić information content (AvgIpc) is 3.02. The maximum atomic E-state index is 12.8. The number of amides is 1. The van der Waals surface area contributed by atoms with Crippen molar-refractivity contribution in [1.82, 2.24) is 4.90 Å². The van der Waals surface area contributed by atoms with Crippen LogP contribution in [0, 0.1) is 6.92 Å². The zero-order valence-corrected chi connectivity index (χ0v) is 13.7. The number of rotatable bonds is 2. The van der Waals surface area contributed by atoms with Crippen molar-refractivity contribution >= 4 is 5.91 Å². The maximum absolute atomic E-state index is 12.8. The van der Waals surface area contributed by atoms with Crippen molar-refractivity contribution < 1.29 is 14.3 Å². The Morgan fingerprint density at radius 2 is 1.95 bits per heavy atom. The van der Waals surface area contributed by atoms with Gasteiger partial charge in [-0.3, -0.25) is 4.79 Å². The minimum absolute atomic E-state index is 0.0565. The lowest BCUT2D eigenvalue weighted by Crippen LogP contribution is -2.58. The van der Waals surface area contributed by atoms with E-state index in [2.05, 4.69) is 45.0 Å². The fourth-order valence-corrected chi connectivity index (χ4v) is 3.17. The number of ether oxygens (including phenoxy) is 2. The first-order valence-electron chi connectivity index (χ1n) is 8.09. The minimum Gasteiger partial charge on any atom is -0.369 e. The Morgan fingerprint density at radius 1 is 1.23 bits per heavy atom. The van der Waals surface area contributed by atoms with Crippen LogP contribution in [0.4, 0.5) is 0 Å². The van der Waals surface area contributed by atoms with Crippen LogP contribution in [0.3, 0.4) is 0 Å². The zero-order chi connectivity index (χ0) is 15.7. The Balaban J connectivity index is 1.77. The normalized spacial score (nSPS) is 27.9. The van der Waals surface area contributed by atoms with E-state index in [9.17, 15) is 4.79 Å². The zero-order valence-electron chi connectivity index (χ0n) is 13.7. The van der Waals surface area contributed by atoms with Crippen LogP contribution < -0.4 is 0 Å². The lowest BCUT2D eigenvalue weighted by Gasteiger charge is -2.46. The van der Waals surface area contributed by atoms with E-state index in [1.54, 1.807) is 0 Å². The largest absolute Gasteiger partial charge is 0.369 e. The molecule has 0 N–H and O–H groups in total. The molecule has 2 aliphatic heterocycles. The molecular formula is C18H25NO3. The number of nitrogens with zero attached hydrogens (tertiary/aromatic N) is 1. The number of carbonyl (C=O) groups excluding carboxylic acids is 1.